The molecule has 0 saturated heterocycles. The molecule has 0 aliphatic heterocycles. The number of nitrogens with one attached hydrogen (secondary N) is 2. The van der Waals surface area contributed by atoms with Crippen LogP contribution in [-0.4, -0.2) is 17.7 Å². The maximum Gasteiger partial charge on any atom is 0.319 e. The molecule has 1 unspecified atom stereocenters. The van der Waals surface area contributed by atoms with Crippen LogP contribution in [0.5, 0.6) is 0 Å². The van der Waals surface area contributed by atoms with Crippen molar-refractivity contribution in [2.45, 2.75) is 13.0 Å². The second-order valence-electron chi connectivity index (χ2n) is 4.87. The van der Waals surface area contributed by atoms with Gasteiger partial charge in [0.25, 0.3) is 0 Å². The van der Waals surface area contributed by atoms with Crippen molar-refractivity contribution in [3.8, 4) is 0 Å². The second-order valence-corrected chi connectivity index (χ2v) is 5.30. The van der Waals surface area contributed by atoms with Crippen LogP contribution in [-0.2, 0) is 0 Å². The van der Waals surface area contributed by atoms with Gasteiger partial charge in [-0.2, -0.15) is 0 Å². The average molecular weight is 323 g/mol. The van der Waals surface area contributed by atoms with Crippen LogP contribution in [0.25, 0.3) is 0 Å². The number of hydrogen-bond acceptors (Lipinski definition) is 2. The molecule has 0 spiro atoms. The standard InChI is InChI=1S/C16H16ClFN2O2/c1-10-2-7-13(18)14(8-10)19-16(22)20-15(9-21)11-3-5-12(17)6-4-11/h2-8,15,21H,9H2,1H3,(H2,19,20,22). The van der Waals surface area contributed by atoms with Gasteiger partial charge in [0.1, 0.15) is 5.82 Å². The van der Waals surface area contributed by atoms with Crippen LogP contribution >= 0.6 is 11.6 Å². The van der Waals surface area contributed by atoms with Gasteiger partial charge in [-0.05, 0) is 42.3 Å². The van der Waals surface area contributed by atoms with Crippen molar-refractivity contribution < 1.29 is 14.3 Å². The maximum atomic E-state index is 13.6. The van der Waals surface area contributed by atoms with Crippen LogP contribution < -0.4 is 10.6 Å². The lowest BCUT2D eigenvalue weighted by Gasteiger charge is -2.17. The molecule has 0 aliphatic rings. The lowest BCUT2D eigenvalue weighted by Crippen LogP contribution is -2.34. The molecule has 0 bridgehead atoms. The van der Waals surface area contributed by atoms with Crippen molar-refractivity contribution in [3.05, 3.63) is 64.4 Å². The third kappa shape index (κ3) is 4.19. The second kappa shape index (κ2) is 7.24. The topological polar surface area (TPSA) is 61.4 Å². The molecule has 4 nitrogen and oxygen atoms in total. The van der Waals surface area contributed by atoms with E-state index in [0.29, 0.717) is 10.6 Å². The van der Waals surface area contributed by atoms with Crippen molar-refractivity contribution in [1.82, 2.24) is 5.32 Å². The van der Waals surface area contributed by atoms with Crippen LogP contribution in [0, 0.1) is 12.7 Å². The number of halogens is 2. The lowest BCUT2D eigenvalue weighted by atomic mass is 10.1. The van der Waals surface area contributed by atoms with Gasteiger partial charge < -0.3 is 15.7 Å². The minimum atomic E-state index is -0.606. The summed E-state index contributed by atoms with van der Waals surface area (Å²) < 4.78 is 13.6. The highest BCUT2D eigenvalue weighted by Gasteiger charge is 2.14. The predicted octanol–water partition coefficient (Wildman–Crippen LogP) is 3.64. The van der Waals surface area contributed by atoms with E-state index in [4.69, 9.17) is 11.6 Å². The molecule has 22 heavy (non-hydrogen) atoms. The monoisotopic (exact) mass is 322 g/mol. The number of aliphatic hydroxyl groups excluding tert-OH is 1. The summed E-state index contributed by atoms with van der Waals surface area (Å²) in [6.45, 7) is 1.51. The van der Waals surface area contributed by atoms with Gasteiger partial charge in [0.15, 0.2) is 0 Å². The molecule has 2 aromatic rings. The van der Waals surface area contributed by atoms with Crippen LogP contribution in [0.4, 0.5) is 14.9 Å². The van der Waals surface area contributed by atoms with E-state index in [9.17, 15) is 14.3 Å². The molecule has 0 saturated carbocycles. The van der Waals surface area contributed by atoms with Gasteiger partial charge in [-0.1, -0.05) is 29.8 Å². The van der Waals surface area contributed by atoms with Crippen molar-refractivity contribution >= 4 is 23.3 Å². The van der Waals surface area contributed by atoms with Crippen LogP contribution in [0.15, 0.2) is 42.5 Å². The Morgan fingerprint density at radius 1 is 1.27 bits per heavy atom. The van der Waals surface area contributed by atoms with Gasteiger partial charge in [-0.25, -0.2) is 9.18 Å². The minimum absolute atomic E-state index is 0.0882. The third-order valence-corrected chi connectivity index (χ3v) is 3.38. The first-order valence-corrected chi connectivity index (χ1v) is 7.07. The first kappa shape index (κ1) is 16.3. The normalized spacial score (nSPS) is 11.8. The summed E-state index contributed by atoms with van der Waals surface area (Å²) in [5.74, 6) is -0.521. The number of aliphatic hydroxyl groups is 1. The molecule has 6 heteroatoms. The Balaban J connectivity index is 2.06. The summed E-state index contributed by atoms with van der Waals surface area (Å²) in [6.07, 6.45) is 0. The highest BCUT2D eigenvalue weighted by atomic mass is 35.5. The summed E-state index contributed by atoms with van der Waals surface area (Å²) in [5.41, 5.74) is 1.62. The molecular formula is C16H16ClFN2O2. The number of rotatable bonds is 4. The summed E-state index contributed by atoms with van der Waals surface area (Å²) in [4.78, 5) is 12.0. The Morgan fingerprint density at radius 2 is 1.95 bits per heavy atom. The number of carbonyl (C=O) groups is 1. The van der Waals surface area contributed by atoms with E-state index in [1.165, 1.54) is 12.1 Å². The van der Waals surface area contributed by atoms with Gasteiger partial charge in [0.2, 0.25) is 0 Å². The van der Waals surface area contributed by atoms with Gasteiger partial charge in [0.05, 0.1) is 18.3 Å². The lowest BCUT2D eigenvalue weighted by molar-refractivity contribution is 0.225. The summed E-state index contributed by atoms with van der Waals surface area (Å²) in [7, 11) is 0. The van der Waals surface area contributed by atoms with Crippen LogP contribution in [0.3, 0.4) is 0 Å². The Morgan fingerprint density at radius 3 is 2.59 bits per heavy atom. The first-order chi connectivity index (χ1) is 10.5. The number of aryl methyl sites for hydroxylation is 1. The van der Waals surface area contributed by atoms with E-state index in [0.717, 1.165) is 5.56 Å². The van der Waals surface area contributed by atoms with E-state index in [2.05, 4.69) is 10.6 Å². The Labute approximate surface area is 132 Å². The molecule has 3 N–H and O–H groups in total. The number of hydrogen-bond donors (Lipinski definition) is 3. The molecule has 2 rings (SSSR count). The molecule has 0 aliphatic carbocycles. The first-order valence-electron chi connectivity index (χ1n) is 6.69. The zero-order valence-corrected chi connectivity index (χ0v) is 12.7. The van der Waals surface area contributed by atoms with E-state index >= 15 is 0 Å². The number of carbonyl (C=O) groups excluding carboxylic acids is 1. The van der Waals surface area contributed by atoms with Crippen molar-refractivity contribution in [1.29, 1.82) is 0 Å². The van der Waals surface area contributed by atoms with E-state index in [1.807, 2.05) is 0 Å². The average Bonchev–Trinajstić information content (AvgIpc) is 2.49. The fourth-order valence-electron chi connectivity index (χ4n) is 1.98. The fourth-order valence-corrected chi connectivity index (χ4v) is 2.11. The van der Waals surface area contributed by atoms with Gasteiger partial charge in [0, 0.05) is 5.02 Å². The third-order valence-electron chi connectivity index (χ3n) is 3.13. The molecule has 0 heterocycles. The molecule has 2 amide bonds. The zero-order chi connectivity index (χ0) is 16.1. The number of benzene rings is 2. The maximum absolute atomic E-state index is 13.6. The molecular weight excluding hydrogens is 307 g/mol. The molecule has 0 fully saturated rings. The molecule has 116 valence electrons. The highest BCUT2D eigenvalue weighted by Crippen LogP contribution is 2.18. The predicted molar refractivity (Wildman–Crippen MR) is 84.6 cm³/mol. The number of urea groups is 1. The quantitative estimate of drug-likeness (QED) is 0.804. The van der Waals surface area contributed by atoms with Crippen molar-refractivity contribution in [2.75, 3.05) is 11.9 Å². The number of amides is 2. The summed E-state index contributed by atoms with van der Waals surface area (Å²) >= 11 is 5.80. The van der Waals surface area contributed by atoms with Crippen molar-refractivity contribution in [2.24, 2.45) is 0 Å². The molecule has 0 aromatic heterocycles. The number of anilines is 1. The molecule has 1 atom stereocenters. The van der Waals surface area contributed by atoms with E-state index in [1.54, 1.807) is 37.3 Å². The SMILES string of the molecule is Cc1ccc(F)c(NC(=O)NC(CO)c2ccc(Cl)cc2)c1. The van der Waals surface area contributed by atoms with E-state index in [-0.39, 0.29) is 12.3 Å². The molecule has 0 radical (unpaired) electrons. The zero-order valence-electron chi connectivity index (χ0n) is 11.9. The Hall–Kier alpha value is -2.11. The van der Waals surface area contributed by atoms with Gasteiger partial charge in [-0.15, -0.1) is 0 Å². The van der Waals surface area contributed by atoms with Crippen LogP contribution in [0.2, 0.25) is 5.02 Å². The summed E-state index contributed by atoms with van der Waals surface area (Å²) in [6, 6.07) is 9.97. The van der Waals surface area contributed by atoms with E-state index < -0.39 is 17.9 Å². The molecule has 2 aromatic carbocycles. The fraction of sp³-hybridized carbons (Fsp3) is 0.188. The Kier molecular flexibility index (Phi) is 5.35. The largest absolute Gasteiger partial charge is 0.394 e. The Bertz CT molecular complexity index is 662. The summed E-state index contributed by atoms with van der Waals surface area (Å²) in [5, 5.41) is 15.0. The minimum Gasteiger partial charge on any atom is -0.394 e. The highest BCUT2D eigenvalue weighted by molar-refractivity contribution is 6.30. The van der Waals surface area contributed by atoms with Crippen LogP contribution in [0.1, 0.15) is 17.2 Å². The smallest absolute Gasteiger partial charge is 0.319 e. The van der Waals surface area contributed by atoms with Gasteiger partial charge in [-0.3, -0.25) is 0 Å². The van der Waals surface area contributed by atoms with Crippen molar-refractivity contribution in [3.63, 3.8) is 0 Å². The van der Waals surface area contributed by atoms with Gasteiger partial charge >= 0.3 is 6.03 Å².